The van der Waals surface area contributed by atoms with E-state index in [0.29, 0.717) is 5.02 Å². The number of halogens is 2. The van der Waals surface area contributed by atoms with Crippen molar-refractivity contribution < 1.29 is 4.74 Å². The highest BCUT2D eigenvalue weighted by molar-refractivity contribution is 7.10. The van der Waals surface area contributed by atoms with E-state index in [2.05, 4.69) is 34.7 Å². The molecule has 4 aromatic rings. The molecule has 0 saturated carbocycles. The van der Waals surface area contributed by atoms with Crippen LogP contribution in [0.5, 0.6) is 5.75 Å². The molecule has 0 fully saturated rings. The van der Waals surface area contributed by atoms with Crippen molar-refractivity contribution >= 4 is 46.8 Å². The molecule has 174 valence electrons. The van der Waals surface area contributed by atoms with E-state index in [0.717, 1.165) is 60.6 Å². The largest absolute Gasteiger partial charge is 0.497 e. The molecular weight excluding hydrogens is 475 g/mol. The maximum Gasteiger partial charge on any atom is 0.165 e. The highest BCUT2D eigenvalue weighted by Gasteiger charge is 2.27. The fourth-order valence-electron chi connectivity index (χ4n) is 4.68. The van der Waals surface area contributed by atoms with Gasteiger partial charge in [-0.05, 0) is 75.2 Å². The smallest absolute Gasteiger partial charge is 0.165 e. The van der Waals surface area contributed by atoms with Crippen molar-refractivity contribution in [3.8, 4) is 16.9 Å². The van der Waals surface area contributed by atoms with Crippen LogP contribution < -0.4 is 9.64 Å². The van der Waals surface area contributed by atoms with Crippen molar-refractivity contribution in [3.05, 3.63) is 62.1 Å². The molecule has 3 aromatic heterocycles. The first kappa shape index (κ1) is 23.9. The van der Waals surface area contributed by atoms with Gasteiger partial charge >= 0.3 is 0 Å². The molecule has 0 spiro atoms. The number of anilines is 1. The van der Waals surface area contributed by atoms with E-state index in [-0.39, 0.29) is 12.4 Å². The Morgan fingerprint density at radius 1 is 1.21 bits per heavy atom. The van der Waals surface area contributed by atoms with Crippen LogP contribution in [0.15, 0.2) is 29.6 Å². The zero-order valence-electron chi connectivity index (χ0n) is 19.3. The summed E-state index contributed by atoms with van der Waals surface area (Å²) in [7, 11) is 1.65. The Kier molecular flexibility index (Phi) is 6.89. The first-order valence-electron chi connectivity index (χ1n) is 11.0. The summed E-state index contributed by atoms with van der Waals surface area (Å²) in [6.07, 6.45) is 3.19. The van der Waals surface area contributed by atoms with Gasteiger partial charge in [-0.1, -0.05) is 11.6 Å². The summed E-state index contributed by atoms with van der Waals surface area (Å²) >= 11 is 8.50. The van der Waals surface area contributed by atoms with Crippen molar-refractivity contribution in [1.29, 1.82) is 0 Å². The molecule has 8 heteroatoms. The average molecular weight is 503 g/mol. The summed E-state index contributed by atoms with van der Waals surface area (Å²) in [5.74, 6) is 1.92. The maximum absolute atomic E-state index is 6.67. The molecule has 33 heavy (non-hydrogen) atoms. The lowest BCUT2D eigenvalue weighted by Gasteiger charge is -2.25. The van der Waals surface area contributed by atoms with Crippen LogP contribution in [0, 0.1) is 13.8 Å². The van der Waals surface area contributed by atoms with Crippen LogP contribution in [0.3, 0.4) is 0 Å². The zero-order chi connectivity index (χ0) is 22.4. The van der Waals surface area contributed by atoms with Crippen molar-refractivity contribution in [1.82, 2.24) is 14.6 Å². The van der Waals surface area contributed by atoms with Gasteiger partial charge in [0.2, 0.25) is 0 Å². The Balaban J connectivity index is 0.00000259. The third-order valence-corrected chi connectivity index (χ3v) is 7.55. The number of aryl methyl sites for hydroxylation is 3. The Labute approximate surface area is 209 Å². The predicted molar refractivity (Wildman–Crippen MR) is 140 cm³/mol. The lowest BCUT2D eigenvalue weighted by atomic mass is 10.1. The van der Waals surface area contributed by atoms with Gasteiger partial charge in [0.15, 0.2) is 5.65 Å². The number of nitrogens with zero attached hydrogens (tertiary/aromatic N) is 4. The maximum atomic E-state index is 6.67. The van der Waals surface area contributed by atoms with E-state index in [4.69, 9.17) is 26.4 Å². The number of hydrogen-bond donors (Lipinski definition) is 0. The minimum absolute atomic E-state index is 0. The Bertz CT molecular complexity index is 1310. The van der Waals surface area contributed by atoms with Crippen molar-refractivity contribution in [2.45, 2.75) is 46.6 Å². The van der Waals surface area contributed by atoms with Gasteiger partial charge in [0, 0.05) is 28.2 Å². The summed E-state index contributed by atoms with van der Waals surface area (Å²) in [6, 6.07) is 8.08. The molecule has 0 saturated heterocycles. The molecule has 1 aliphatic rings. The van der Waals surface area contributed by atoms with Gasteiger partial charge < -0.3 is 9.64 Å². The van der Waals surface area contributed by atoms with Gasteiger partial charge in [0.1, 0.15) is 11.6 Å². The van der Waals surface area contributed by atoms with Crippen molar-refractivity contribution in [2.75, 3.05) is 18.6 Å². The van der Waals surface area contributed by atoms with E-state index in [1.807, 2.05) is 36.5 Å². The van der Waals surface area contributed by atoms with Crippen LogP contribution in [0.1, 0.15) is 40.7 Å². The van der Waals surface area contributed by atoms with E-state index < -0.39 is 0 Å². The lowest BCUT2D eigenvalue weighted by molar-refractivity contribution is 0.415. The van der Waals surface area contributed by atoms with Crippen LogP contribution in [0.25, 0.3) is 16.8 Å². The molecular formula is C25H28Cl2N4OS. The normalized spacial score (nSPS) is 12.6. The standard InChI is InChI=1S/C25H27ClN4OS.ClH/c1-5-29(13-18-11-15(2)14-32-18)25-20-7-6-8-22(20)27-24-23(16(3)28-30(24)25)19-10-9-17(31-4)12-21(19)26;/h9-12,14H,5-8,13H2,1-4H3;1H. The number of benzene rings is 1. The third kappa shape index (κ3) is 4.20. The number of methoxy groups -OCH3 is 1. The minimum atomic E-state index is 0. The summed E-state index contributed by atoms with van der Waals surface area (Å²) < 4.78 is 7.40. The molecule has 3 heterocycles. The van der Waals surface area contributed by atoms with E-state index in [1.165, 1.54) is 27.5 Å². The van der Waals surface area contributed by atoms with Crippen molar-refractivity contribution in [2.24, 2.45) is 0 Å². The van der Waals surface area contributed by atoms with Crippen LogP contribution >= 0.6 is 35.3 Å². The summed E-state index contributed by atoms with van der Waals surface area (Å²) in [6.45, 7) is 8.18. The van der Waals surface area contributed by atoms with Crippen LogP contribution in [-0.2, 0) is 19.4 Å². The first-order chi connectivity index (χ1) is 15.5. The highest BCUT2D eigenvalue weighted by atomic mass is 35.5. The van der Waals surface area contributed by atoms with Gasteiger partial charge in [-0.2, -0.15) is 9.61 Å². The number of thiophene rings is 1. The predicted octanol–water partition coefficient (Wildman–Crippen LogP) is 6.67. The van der Waals surface area contributed by atoms with E-state index in [9.17, 15) is 0 Å². The fraction of sp³-hybridized carbons (Fsp3) is 0.360. The molecule has 1 aromatic carbocycles. The van der Waals surface area contributed by atoms with Crippen LogP contribution in [0.4, 0.5) is 5.82 Å². The second-order valence-corrected chi connectivity index (χ2v) is 9.76. The summed E-state index contributed by atoms with van der Waals surface area (Å²) in [4.78, 5) is 8.92. The van der Waals surface area contributed by atoms with Gasteiger partial charge in [-0.15, -0.1) is 23.7 Å². The number of ether oxygens (including phenoxy) is 1. The quantitative estimate of drug-likeness (QED) is 0.295. The lowest BCUT2D eigenvalue weighted by Crippen LogP contribution is -2.26. The van der Waals surface area contributed by atoms with E-state index in [1.54, 1.807) is 7.11 Å². The van der Waals surface area contributed by atoms with E-state index >= 15 is 0 Å². The summed E-state index contributed by atoms with van der Waals surface area (Å²) in [5.41, 5.74) is 7.59. The molecule has 0 N–H and O–H groups in total. The molecule has 0 amide bonds. The van der Waals surface area contributed by atoms with Crippen molar-refractivity contribution in [3.63, 3.8) is 0 Å². The monoisotopic (exact) mass is 502 g/mol. The number of fused-ring (bicyclic) bond motifs is 2. The second-order valence-electron chi connectivity index (χ2n) is 8.36. The Hall–Kier alpha value is -2.28. The number of aromatic nitrogens is 3. The molecule has 0 aliphatic heterocycles. The molecule has 0 radical (unpaired) electrons. The fourth-order valence-corrected chi connectivity index (χ4v) is 5.83. The first-order valence-corrected chi connectivity index (χ1v) is 12.3. The summed E-state index contributed by atoms with van der Waals surface area (Å²) in [5, 5.41) is 7.86. The highest BCUT2D eigenvalue weighted by Crippen LogP contribution is 2.39. The number of hydrogen-bond acceptors (Lipinski definition) is 5. The molecule has 0 atom stereocenters. The van der Waals surface area contributed by atoms with Gasteiger partial charge in [-0.3, -0.25) is 0 Å². The topological polar surface area (TPSA) is 42.7 Å². The molecule has 0 bridgehead atoms. The molecule has 5 nitrogen and oxygen atoms in total. The molecule has 1 aliphatic carbocycles. The van der Waals surface area contributed by atoms with Gasteiger partial charge in [0.25, 0.3) is 0 Å². The number of rotatable bonds is 6. The zero-order valence-corrected chi connectivity index (χ0v) is 21.7. The van der Waals surface area contributed by atoms with Crippen LogP contribution in [-0.4, -0.2) is 28.3 Å². The van der Waals surface area contributed by atoms with Crippen LogP contribution in [0.2, 0.25) is 5.02 Å². The van der Waals surface area contributed by atoms with Gasteiger partial charge in [-0.25, -0.2) is 4.98 Å². The minimum Gasteiger partial charge on any atom is -0.497 e. The molecule has 0 unspecified atom stereocenters. The SMILES string of the molecule is CCN(Cc1cc(C)cs1)c1c2c(nc3c(-c4ccc(OC)cc4Cl)c(C)nn13)CCC2.Cl. The Morgan fingerprint density at radius 3 is 2.70 bits per heavy atom. The average Bonchev–Trinajstić information content (AvgIpc) is 3.49. The third-order valence-electron chi connectivity index (χ3n) is 6.19. The Morgan fingerprint density at radius 2 is 2.03 bits per heavy atom. The second kappa shape index (κ2) is 9.53. The molecule has 5 rings (SSSR count). The van der Waals surface area contributed by atoms with Gasteiger partial charge in [0.05, 0.1) is 29.9 Å².